The van der Waals surface area contributed by atoms with Crippen LogP contribution < -0.4 is 14.2 Å². The molecule has 0 saturated carbocycles. The van der Waals surface area contributed by atoms with Gasteiger partial charge in [0.2, 0.25) is 6.79 Å². The summed E-state index contributed by atoms with van der Waals surface area (Å²) in [4.78, 5) is 11.9. The summed E-state index contributed by atoms with van der Waals surface area (Å²) in [6.45, 7) is 0.209. The molecule has 4 rings (SSSR count). The second-order valence-electron chi connectivity index (χ2n) is 4.67. The van der Waals surface area contributed by atoms with Crippen molar-refractivity contribution in [3.63, 3.8) is 0 Å². The molecular formula is C16H9ClO4S. The van der Waals surface area contributed by atoms with Crippen LogP contribution in [0.4, 0.5) is 0 Å². The summed E-state index contributed by atoms with van der Waals surface area (Å²) in [6, 6.07) is 10.7. The van der Waals surface area contributed by atoms with Gasteiger partial charge < -0.3 is 14.2 Å². The molecule has 0 saturated heterocycles. The SMILES string of the molecule is O=Cc1sc2cc3c(cc2c1Oc1ccc(Cl)cc1)OCO3. The van der Waals surface area contributed by atoms with Gasteiger partial charge in [0.25, 0.3) is 0 Å². The second-order valence-corrected chi connectivity index (χ2v) is 6.19. The Bertz CT molecular complexity index is 870. The predicted molar refractivity (Wildman–Crippen MR) is 84.9 cm³/mol. The van der Waals surface area contributed by atoms with Gasteiger partial charge in [0.1, 0.15) is 10.6 Å². The van der Waals surface area contributed by atoms with E-state index in [4.69, 9.17) is 25.8 Å². The van der Waals surface area contributed by atoms with Crippen LogP contribution in [0.3, 0.4) is 0 Å². The van der Waals surface area contributed by atoms with Gasteiger partial charge in [0.15, 0.2) is 23.5 Å². The highest BCUT2D eigenvalue weighted by Gasteiger charge is 2.20. The van der Waals surface area contributed by atoms with Gasteiger partial charge in [0.05, 0.1) is 0 Å². The average Bonchev–Trinajstić information content (AvgIpc) is 3.11. The lowest BCUT2D eigenvalue weighted by molar-refractivity contribution is 0.112. The van der Waals surface area contributed by atoms with Crippen LogP contribution in [0.2, 0.25) is 5.02 Å². The Balaban J connectivity index is 1.84. The van der Waals surface area contributed by atoms with Crippen LogP contribution in [0, 0.1) is 0 Å². The molecule has 4 nitrogen and oxygen atoms in total. The van der Waals surface area contributed by atoms with E-state index in [2.05, 4.69) is 0 Å². The lowest BCUT2D eigenvalue weighted by atomic mass is 10.2. The van der Waals surface area contributed by atoms with Crippen molar-refractivity contribution in [2.45, 2.75) is 0 Å². The first-order valence-corrected chi connectivity index (χ1v) is 7.69. The van der Waals surface area contributed by atoms with Gasteiger partial charge in [-0.15, -0.1) is 11.3 Å². The summed E-state index contributed by atoms with van der Waals surface area (Å²) >= 11 is 7.23. The van der Waals surface area contributed by atoms with E-state index < -0.39 is 0 Å². The van der Waals surface area contributed by atoms with E-state index in [-0.39, 0.29) is 6.79 Å². The molecule has 0 bridgehead atoms. The standard InChI is InChI=1S/C16H9ClO4S/c17-9-1-3-10(4-2-9)21-16-11-5-12-13(20-8-19-12)6-14(11)22-15(16)7-18/h1-7H,8H2. The molecule has 0 spiro atoms. The summed E-state index contributed by atoms with van der Waals surface area (Å²) in [5.74, 6) is 2.48. The first kappa shape index (κ1) is 13.4. The van der Waals surface area contributed by atoms with Gasteiger partial charge in [-0.2, -0.15) is 0 Å². The van der Waals surface area contributed by atoms with Gasteiger partial charge in [-0.25, -0.2) is 0 Å². The maximum atomic E-state index is 11.3. The molecule has 1 aliphatic heterocycles. The van der Waals surface area contributed by atoms with Gasteiger partial charge in [-0.05, 0) is 30.3 Å². The quantitative estimate of drug-likeness (QED) is 0.641. The number of hydrogen-bond donors (Lipinski definition) is 0. The van der Waals surface area contributed by atoms with Gasteiger partial charge in [0, 0.05) is 21.2 Å². The zero-order valence-corrected chi connectivity index (χ0v) is 12.7. The fraction of sp³-hybridized carbons (Fsp3) is 0.0625. The van der Waals surface area contributed by atoms with Crippen molar-refractivity contribution in [3.05, 3.63) is 46.3 Å². The first-order valence-electron chi connectivity index (χ1n) is 6.49. The van der Waals surface area contributed by atoms with Crippen molar-refractivity contribution in [2.75, 3.05) is 6.79 Å². The van der Waals surface area contributed by atoms with Gasteiger partial charge in [-0.1, -0.05) is 11.6 Å². The van der Waals surface area contributed by atoms with Gasteiger partial charge in [-0.3, -0.25) is 4.79 Å². The van der Waals surface area contributed by atoms with Crippen molar-refractivity contribution in [3.8, 4) is 23.0 Å². The van der Waals surface area contributed by atoms with E-state index in [1.807, 2.05) is 12.1 Å². The molecule has 1 aliphatic rings. The number of thiophene rings is 1. The molecule has 2 heterocycles. The van der Waals surface area contributed by atoms with E-state index in [0.29, 0.717) is 32.9 Å². The molecule has 0 aliphatic carbocycles. The summed E-state index contributed by atoms with van der Waals surface area (Å²) in [5, 5.41) is 1.45. The minimum absolute atomic E-state index is 0.209. The third-order valence-corrected chi connectivity index (χ3v) is 4.61. The minimum atomic E-state index is 0.209. The van der Waals surface area contributed by atoms with Crippen molar-refractivity contribution < 1.29 is 19.0 Å². The molecule has 0 radical (unpaired) electrons. The third kappa shape index (κ3) is 2.19. The fourth-order valence-corrected chi connectivity index (χ4v) is 3.37. The molecule has 0 fully saturated rings. The topological polar surface area (TPSA) is 44.8 Å². The van der Waals surface area contributed by atoms with Crippen LogP contribution >= 0.6 is 22.9 Å². The number of rotatable bonds is 3. The molecule has 0 atom stereocenters. The number of aldehydes is 1. The number of fused-ring (bicyclic) bond motifs is 2. The Morgan fingerprint density at radius 3 is 2.59 bits per heavy atom. The van der Waals surface area contributed by atoms with Crippen LogP contribution in [0.5, 0.6) is 23.0 Å². The molecule has 1 aromatic heterocycles. The van der Waals surface area contributed by atoms with E-state index in [0.717, 1.165) is 16.4 Å². The smallest absolute Gasteiger partial charge is 0.231 e. The van der Waals surface area contributed by atoms with Gasteiger partial charge >= 0.3 is 0 Å². The summed E-state index contributed by atoms with van der Waals surface area (Å²) < 4.78 is 17.6. The molecule has 6 heteroatoms. The zero-order chi connectivity index (χ0) is 15.1. The molecular weight excluding hydrogens is 324 g/mol. The van der Waals surface area contributed by atoms with Crippen LogP contribution in [0.15, 0.2) is 36.4 Å². The molecule has 3 aromatic rings. The van der Waals surface area contributed by atoms with E-state index in [1.165, 1.54) is 11.3 Å². The number of carbonyl (C=O) groups is 1. The van der Waals surface area contributed by atoms with Crippen molar-refractivity contribution in [1.29, 1.82) is 0 Å². The number of carbonyl (C=O) groups excluding carboxylic acids is 1. The molecule has 0 unspecified atom stereocenters. The normalized spacial score (nSPS) is 12.6. The van der Waals surface area contributed by atoms with E-state index in [1.54, 1.807) is 24.3 Å². The number of hydrogen-bond acceptors (Lipinski definition) is 5. The van der Waals surface area contributed by atoms with Crippen LogP contribution in [0.25, 0.3) is 10.1 Å². The first-order chi connectivity index (χ1) is 10.7. The second kappa shape index (κ2) is 5.19. The summed E-state index contributed by atoms with van der Waals surface area (Å²) in [7, 11) is 0. The monoisotopic (exact) mass is 332 g/mol. The van der Waals surface area contributed by atoms with Crippen LogP contribution in [0.1, 0.15) is 9.67 Å². The zero-order valence-electron chi connectivity index (χ0n) is 11.2. The lowest BCUT2D eigenvalue weighted by Crippen LogP contribution is -1.92. The molecule has 22 heavy (non-hydrogen) atoms. The molecule has 110 valence electrons. The minimum Gasteiger partial charge on any atom is -0.455 e. The predicted octanol–water partition coefficient (Wildman–Crippen LogP) is 4.89. The number of ether oxygens (including phenoxy) is 3. The largest absolute Gasteiger partial charge is 0.455 e. The molecule has 0 amide bonds. The highest BCUT2D eigenvalue weighted by molar-refractivity contribution is 7.21. The maximum absolute atomic E-state index is 11.3. The highest BCUT2D eigenvalue weighted by Crippen LogP contribution is 2.45. The molecule has 2 aromatic carbocycles. The summed E-state index contributed by atoms with van der Waals surface area (Å²) in [6.07, 6.45) is 0.794. The Hall–Kier alpha value is -2.24. The Labute approximate surface area is 134 Å². The van der Waals surface area contributed by atoms with E-state index >= 15 is 0 Å². The average molecular weight is 333 g/mol. The number of halogens is 1. The fourth-order valence-electron chi connectivity index (χ4n) is 2.29. The maximum Gasteiger partial charge on any atom is 0.231 e. The lowest BCUT2D eigenvalue weighted by Gasteiger charge is -2.06. The van der Waals surface area contributed by atoms with Crippen molar-refractivity contribution in [2.24, 2.45) is 0 Å². The Kier molecular flexibility index (Phi) is 3.17. The Morgan fingerprint density at radius 1 is 1.14 bits per heavy atom. The van der Waals surface area contributed by atoms with Crippen molar-refractivity contribution in [1.82, 2.24) is 0 Å². The van der Waals surface area contributed by atoms with Crippen molar-refractivity contribution >= 4 is 39.3 Å². The van der Waals surface area contributed by atoms with Crippen LogP contribution in [-0.4, -0.2) is 13.1 Å². The number of benzene rings is 2. The highest BCUT2D eigenvalue weighted by atomic mass is 35.5. The van der Waals surface area contributed by atoms with Crippen LogP contribution in [-0.2, 0) is 0 Å². The molecule has 0 N–H and O–H groups in total. The van der Waals surface area contributed by atoms with E-state index in [9.17, 15) is 4.79 Å². The summed E-state index contributed by atoms with van der Waals surface area (Å²) in [5.41, 5.74) is 0. The third-order valence-electron chi connectivity index (χ3n) is 3.30. The Morgan fingerprint density at radius 2 is 1.86 bits per heavy atom.